The molecule has 0 N–H and O–H groups in total. The lowest BCUT2D eigenvalue weighted by atomic mass is 9.98. The molecule has 8 aromatic carbocycles. The molecule has 0 spiro atoms. The van der Waals surface area contributed by atoms with E-state index < -0.39 is 0 Å². The number of para-hydroxylation sites is 2. The van der Waals surface area contributed by atoms with Crippen LogP contribution >= 0.6 is 11.3 Å². The van der Waals surface area contributed by atoms with E-state index in [0.29, 0.717) is 0 Å². The second kappa shape index (κ2) is 12.3. The zero-order chi connectivity index (χ0) is 36.7. The third kappa shape index (κ3) is 4.83. The minimum Gasteiger partial charge on any atom is -0.460 e. The van der Waals surface area contributed by atoms with Crippen molar-refractivity contribution < 1.29 is 8.83 Å². The number of allylic oxidation sites excluding steroid dienone is 1. The largest absolute Gasteiger partial charge is 0.460 e. The van der Waals surface area contributed by atoms with Gasteiger partial charge < -0.3 is 13.7 Å². The Bertz CT molecular complexity index is 3380. The normalized spacial score (nSPS) is 12.8. The van der Waals surface area contributed by atoms with Gasteiger partial charge in [0.25, 0.3) is 0 Å². The van der Waals surface area contributed by atoms with Crippen molar-refractivity contribution >= 4 is 98.3 Å². The molecule has 0 fully saturated rings. The van der Waals surface area contributed by atoms with Gasteiger partial charge >= 0.3 is 0 Å². The monoisotopic (exact) mass is 735 g/mol. The number of anilines is 3. The molecule has 3 aromatic heterocycles. The molecule has 12 rings (SSSR count). The molecule has 11 aromatic rings. The number of hydrogen-bond acceptors (Lipinski definition) is 4. The zero-order valence-corrected chi connectivity index (χ0v) is 31.1. The lowest BCUT2D eigenvalue weighted by Crippen LogP contribution is -2.11. The lowest BCUT2D eigenvalue weighted by molar-refractivity contribution is 0.546. The maximum absolute atomic E-state index is 6.78. The quantitative estimate of drug-likeness (QED) is 0.176. The van der Waals surface area contributed by atoms with Crippen LogP contribution in [0.15, 0.2) is 179 Å². The van der Waals surface area contributed by atoms with Crippen LogP contribution in [-0.4, -0.2) is 0 Å². The molecule has 3 heterocycles. The Morgan fingerprint density at radius 3 is 2.12 bits per heavy atom. The van der Waals surface area contributed by atoms with Gasteiger partial charge in [0.2, 0.25) is 0 Å². The molecule has 0 atom stereocenters. The maximum atomic E-state index is 6.78. The van der Waals surface area contributed by atoms with E-state index >= 15 is 0 Å². The van der Waals surface area contributed by atoms with Gasteiger partial charge in [-0.25, -0.2) is 0 Å². The highest BCUT2D eigenvalue weighted by Crippen LogP contribution is 2.47. The standard InChI is InChI=1S/C52H33NO2S/c1-2-12-34-30-48-45(29-33(34)11-1)43-18-10-17-42(51(43)55-48)38-13-3-6-20-46(38)53(36-27-28-40-39-14-4-7-21-47(39)54-49(40)31-36)35-25-23-32(24-26-35)37-16-9-19-44-41-15-5-8-22-50(41)56-52(37)44/h1-6,8-20,22-31H,7,21H2. The zero-order valence-electron chi connectivity index (χ0n) is 30.3. The summed E-state index contributed by atoms with van der Waals surface area (Å²) in [7, 11) is 0. The first kappa shape index (κ1) is 31.5. The van der Waals surface area contributed by atoms with Crippen LogP contribution in [0.1, 0.15) is 17.7 Å². The predicted octanol–water partition coefficient (Wildman–Crippen LogP) is 15.6. The molecule has 0 aliphatic heterocycles. The van der Waals surface area contributed by atoms with Crippen molar-refractivity contribution in [1.82, 2.24) is 0 Å². The highest BCUT2D eigenvalue weighted by Gasteiger charge is 2.23. The van der Waals surface area contributed by atoms with E-state index in [9.17, 15) is 0 Å². The molecular formula is C52H33NO2S. The van der Waals surface area contributed by atoms with Crippen LogP contribution < -0.4 is 4.90 Å². The van der Waals surface area contributed by atoms with Crippen LogP contribution in [0.4, 0.5) is 17.1 Å². The van der Waals surface area contributed by atoms with Gasteiger partial charge in [-0.15, -0.1) is 11.3 Å². The van der Waals surface area contributed by atoms with Crippen LogP contribution in [-0.2, 0) is 6.42 Å². The highest BCUT2D eigenvalue weighted by molar-refractivity contribution is 7.26. The molecular weight excluding hydrogens is 703 g/mol. The average molecular weight is 736 g/mol. The average Bonchev–Trinajstić information content (AvgIpc) is 3.94. The van der Waals surface area contributed by atoms with Crippen molar-refractivity contribution in [3.05, 3.63) is 181 Å². The first-order valence-corrected chi connectivity index (χ1v) is 20.0. The van der Waals surface area contributed by atoms with E-state index in [1.54, 1.807) is 0 Å². The Balaban J connectivity index is 1.05. The van der Waals surface area contributed by atoms with Crippen LogP contribution in [0.3, 0.4) is 0 Å². The lowest BCUT2D eigenvalue weighted by Gasteiger charge is -2.28. The van der Waals surface area contributed by atoms with Gasteiger partial charge in [-0.3, -0.25) is 0 Å². The number of benzene rings is 8. The Labute approximate surface area is 327 Å². The molecule has 0 amide bonds. The number of nitrogens with zero attached hydrogens (tertiary/aromatic N) is 1. The first-order chi connectivity index (χ1) is 27.7. The van der Waals surface area contributed by atoms with Crippen molar-refractivity contribution in [2.75, 3.05) is 4.90 Å². The fraction of sp³-hybridized carbons (Fsp3) is 0.0385. The number of aryl methyl sites for hydroxylation is 1. The summed E-state index contributed by atoms with van der Waals surface area (Å²) in [5.74, 6) is 1.07. The number of hydrogen-bond donors (Lipinski definition) is 0. The van der Waals surface area contributed by atoms with Gasteiger partial charge in [-0.05, 0) is 76.9 Å². The summed E-state index contributed by atoms with van der Waals surface area (Å²) < 4.78 is 16.0. The van der Waals surface area contributed by atoms with Gasteiger partial charge in [-0.2, -0.15) is 0 Å². The summed E-state index contributed by atoms with van der Waals surface area (Å²) in [5, 5.41) is 8.38. The van der Waals surface area contributed by atoms with Gasteiger partial charge in [-0.1, -0.05) is 121 Å². The van der Waals surface area contributed by atoms with Gasteiger partial charge in [0.05, 0.1) is 5.69 Å². The van der Waals surface area contributed by atoms with Gasteiger partial charge in [0.15, 0.2) is 0 Å². The summed E-state index contributed by atoms with van der Waals surface area (Å²) >= 11 is 1.87. The van der Waals surface area contributed by atoms with E-state index in [2.05, 4.69) is 181 Å². The topological polar surface area (TPSA) is 29.5 Å². The fourth-order valence-corrected chi connectivity index (χ4v) is 10.1. The van der Waals surface area contributed by atoms with Crippen molar-refractivity contribution in [1.29, 1.82) is 0 Å². The molecule has 0 radical (unpaired) electrons. The highest BCUT2D eigenvalue weighted by atomic mass is 32.1. The van der Waals surface area contributed by atoms with E-state index in [4.69, 9.17) is 8.83 Å². The van der Waals surface area contributed by atoms with Crippen LogP contribution in [0.2, 0.25) is 0 Å². The van der Waals surface area contributed by atoms with Crippen LogP contribution in [0, 0.1) is 0 Å². The third-order valence-electron chi connectivity index (χ3n) is 11.5. The molecule has 0 saturated heterocycles. The van der Waals surface area contributed by atoms with E-state index in [-0.39, 0.29) is 0 Å². The molecule has 1 aliphatic rings. The van der Waals surface area contributed by atoms with Gasteiger partial charge in [0.1, 0.15) is 22.5 Å². The van der Waals surface area contributed by atoms with Crippen molar-refractivity contribution in [2.45, 2.75) is 12.8 Å². The van der Waals surface area contributed by atoms with E-state index in [0.717, 1.165) is 79.7 Å². The summed E-state index contributed by atoms with van der Waals surface area (Å²) in [4.78, 5) is 2.37. The Morgan fingerprint density at radius 2 is 1.21 bits per heavy atom. The van der Waals surface area contributed by atoms with Crippen LogP contribution in [0.25, 0.3) is 92.2 Å². The number of fused-ring (bicyclic) bond motifs is 10. The van der Waals surface area contributed by atoms with Crippen molar-refractivity contribution in [3.63, 3.8) is 0 Å². The van der Waals surface area contributed by atoms with Crippen LogP contribution in [0.5, 0.6) is 0 Å². The van der Waals surface area contributed by atoms with Crippen molar-refractivity contribution in [2.24, 2.45) is 0 Å². The van der Waals surface area contributed by atoms with E-state index in [1.807, 2.05) is 11.3 Å². The third-order valence-corrected chi connectivity index (χ3v) is 12.7. The number of furan rings is 2. The Kier molecular flexibility index (Phi) is 6.92. The SMILES string of the molecule is C1=Cc2c(oc3cc(N(c4ccc(-c5cccc6c5sc5ccccc56)cc4)c4ccccc4-c4cccc5c4oc4cc6ccccc6cc45)ccc23)CC1. The fourth-order valence-electron chi connectivity index (χ4n) is 8.86. The van der Waals surface area contributed by atoms with E-state index in [1.165, 1.54) is 47.6 Å². The first-order valence-electron chi connectivity index (χ1n) is 19.2. The molecule has 264 valence electrons. The molecule has 0 unspecified atom stereocenters. The Hall–Kier alpha value is -6.88. The second-order valence-electron chi connectivity index (χ2n) is 14.7. The smallest absolute Gasteiger partial charge is 0.143 e. The van der Waals surface area contributed by atoms with Gasteiger partial charge in [0, 0.05) is 76.9 Å². The maximum Gasteiger partial charge on any atom is 0.143 e. The summed E-state index contributed by atoms with van der Waals surface area (Å²) in [5.41, 5.74) is 11.6. The molecule has 3 nitrogen and oxygen atoms in total. The molecule has 0 bridgehead atoms. The molecule has 0 saturated carbocycles. The number of thiophene rings is 1. The minimum absolute atomic E-state index is 0.887. The molecule has 4 heteroatoms. The minimum atomic E-state index is 0.887. The Morgan fingerprint density at radius 1 is 0.500 bits per heavy atom. The summed E-state index contributed by atoms with van der Waals surface area (Å²) in [6, 6.07) is 59.2. The predicted molar refractivity (Wildman–Crippen MR) is 237 cm³/mol. The second-order valence-corrected chi connectivity index (χ2v) is 15.8. The molecule has 56 heavy (non-hydrogen) atoms. The van der Waals surface area contributed by atoms with Crippen molar-refractivity contribution in [3.8, 4) is 22.3 Å². The molecule has 1 aliphatic carbocycles. The number of rotatable bonds is 5. The summed E-state index contributed by atoms with van der Waals surface area (Å²) in [6.07, 6.45) is 6.39. The summed E-state index contributed by atoms with van der Waals surface area (Å²) in [6.45, 7) is 0.